The quantitative estimate of drug-likeness (QED) is 0.645. The molecule has 1 N–H and O–H groups in total. The lowest BCUT2D eigenvalue weighted by Gasteiger charge is -2.14. The third-order valence-corrected chi connectivity index (χ3v) is 5.44. The molecule has 24 heavy (non-hydrogen) atoms. The van der Waals surface area contributed by atoms with Crippen molar-refractivity contribution in [1.82, 2.24) is 9.55 Å². The van der Waals surface area contributed by atoms with Crippen LogP contribution in [0.3, 0.4) is 0 Å². The number of hydrogen-bond acceptors (Lipinski definition) is 3. The topological polar surface area (TPSA) is 46.9 Å². The van der Waals surface area contributed by atoms with E-state index in [0.717, 1.165) is 39.7 Å². The molecule has 0 atom stereocenters. The molecule has 4 rings (SSSR count). The van der Waals surface area contributed by atoms with Gasteiger partial charge in [-0.1, -0.05) is 24.3 Å². The summed E-state index contributed by atoms with van der Waals surface area (Å²) >= 11 is 2.11. The lowest BCUT2D eigenvalue weighted by atomic mass is 10.1. The zero-order valence-corrected chi connectivity index (χ0v) is 15.6. The number of hydrogen-bond donors (Lipinski definition) is 1. The Hall–Kier alpha value is -1.89. The second kappa shape index (κ2) is 6.20. The van der Waals surface area contributed by atoms with Crippen molar-refractivity contribution < 1.29 is 0 Å². The van der Waals surface area contributed by atoms with Crippen molar-refractivity contribution in [2.24, 2.45) is 0 Å². The summed E-state index contributed by atoms with van der Waals surface area (Å²) in [7, 11) is 0. The SMILES string of the molecule is CCn1cc(I)c(=O)c2cc(NC3Cc4ccccc4C3)ncc21. The first-order chi connectivity index (χ1) is 11.7. The van der Waals surface area contributed by atoms with Gasteiger partial charge >= 0.3 is 0 Å². The van der Waals surface area contributed by atoms with Gasteiger partial charge in [-0.15, -0.1) is 0 Å². The summed E-state index contributed by atoms with van der Waals surface area (Å²) in [5, 5.41) is 4.24. The minimum absolute atomic E-state index is 0.0791. The molecule has 4 nitrogen and oxygen atoms in total. The number of benzene rings is 1. The summed E-state index contributed by atoms with van der Waals surface area (Å²) in [6, 6.07) is 10.8. The van der Waals surface area contributed by atoms with Gasteiger partial charge in [-0.3, -0.25) is 4.79 Å². The van der Waals surface area contributed by atoms with Crippen LogP contribution in [0.25, 0.3) is 10.9 Å². The van der Waals surface area contributed by atoms with Crippen molar-refractivity contribution >= 4 is 39.3 Å². The lowest BCUT2D eigenvalue weighted by Crippen LogP contribution is -2.21. The maximum Gasteiger partial charge on any atom is 0.202 e. The predicted molar refractivity (Wildman–Crippen MR) is 106 cm³/mol. The van der Waals surface area contributed by atoms with Gasteiger partial charge < -0.3 is 9.88 Å². The summed E-state index contributed by atoms with van der Waals surface area (Å²) < 4.78 is 2.81. The van der Waals surface area contributed by atoms with Crippen molar-refractivity contribution in [1.29, 1.82) is 0 Å². The van der Waals surface area contributed by atoms with E-state index in [1.807, 2.05) is 12.3 Å². The minimum atomic E-state index is 0.0791. The number of anilines is 1. The fraction of sp³-hybridized carbons (Fsp3) is 0.263. The van der Waals surface area contributed by atoms with Gasteiger partial charge in [0.25, 0.3) is 0 Å². The summed E-state index contributed by atoms with van der Waals surface area (Å²) in [5.41, 5.74) is 3.77. The molecule has 0 saturated carbocycles. The van der Waals surface area contributed by atoms with Crippen molar-refractivity contribution in [3.63, 3.8) is 0 Å². The number of nitrogens with one attached hydrogen (secondary N) is 1. The van der Waals surface area contributed by atoms with Crippen LogP contribution < -0.4 is 10.7 Å². The number of rotatable bonds is 3. The molecule has 0 spiro atoms. The van der Waals surface area contributed by atoms with Gasteiger partial charge in [0.2, 0.25) is 5.43 Å². The average Bonchev–Trinajstić information content (AvgIpc) is 3.00. The third-order valence-electron chi connectivity index (χ3n) is 4.67. The Morgan fingerprint density at radius 2 is 2.00 bits per heavy atom. The molecule has 1 aliphatic rings. The standard InChI is InChI=1S/C19H18IN3O/c1-2-23-11-16(20)19(24)15-9-18(21-10-17(15)23)22-14-7-12-5-3-4-6-13(12)8-14/h3-6,9-11,14H,2,7-8H2,1H3,(H,21,22). The summed E-state index contributed by atoms with van der Waals surface area (Å²) in [4.78, 5) is 17.0. The van der Waals surface area contributed by atoms with E-state index in [0.29, 0.717) is 6.04 Å². The molecule has 3 aromatic rings. The van der Waals surface area contributed by atoms with Crippen LogP contribution in [-0.4, -0.2) is 15.6 Å². The van der Waals surface area contributed by atoms with Gasteiger partial charge in [-0.05, 0) is 59.5 Å². The highest BCUT2D eigenvalue weighted by molar-refractivity contribution is 14.1. The van der Waals surface area contributed by atoms with Gasteiger partial charge in [0, 0.05) is 18.8 Å². The first kappa shape index (κ1) is 15.6. The molecule has 0 bridgehead atoms. The fourth-order valence-electron chi connectivity index (χ4n) is 3.46. The van der Waals surface area contributed by atoms with Crippen LogP contribution in [0.5, 0.6) is 0 Å². The molecule has 2 aromatic heterocycles. The number of nitrogens with zero attached hydrogens (tertiary/aromatic N) is 2. The van der Waals surface area contributed by atoms with Crippen LogP contribution >= 0.6 is 22.6 Å². The monoisotopic (exact) mass is 431 g/mol. The van der Waals surface area contributed by atoms with Gasteiger partial charge in [0.05, 0.1) is 20.7 Å². The zero-order chi connectivity index (χ0) is 16.7. The number of halogens is 1. The van der Waals surface area contributed by atoms with Crippen molar-refractivity contribution in [3.8, 4) is 0 Å². The summed E-state index contributed by atoms with van der Waals surface area (Å²) in [5.74, 6) is 0.780. The van der Waals surface area contributed by atoms with Crippen LogP contribution in [0.2, 0.25) is 0 Å². The van der Waals surface area contributed by atoms with E-state index in [9.17, 15) is 4.79 Å². The van der Waals surface area contributed by atoms with Gasteiger partial charge in [-0.2, -0.15) is 0 Å². The Morgan fingerprint density at radius 1 is 1.29 bits per heavy atom. The predicted octanol–water partition coefficient (Wildman–Crippen LogP) is 3.60. The molecule has 1 aromatic carbocycles. The smallest absolute Gasteiger partial charge is 0.202 e. The van der Waals surface area contributed by atoms with Crippen LogP contribution in [0.4, 0.5) is 5.82 Å². The highest BCUT2D eigenvalue weighted by Crippen LogP contribution is 2.24. The molecular formula is C19H18IN3O. The zero-order valence-electron chi connectivity index (χ0n) is 13.4. The van der Waals surface area contributed by atoms with Crippen molar-refractivity contribution in [3.05, 3.63) is 67.6 Å². The molecule has 0 unspecified atom stereocenters. The molecule has 0 radical (unpaired) electrons. The maximum atomic E-state index is 12.5. The summed E-state index contributed by atoms with van der Waals surface area (Å²) in [6.45, 7) is 2.89. The minimum Gasteiger partial charge on any atom is -0.367 e. The number of aryl methyl sites for hydroxylation is 1. The summed E-state index contributed by atoms with van der Waals surface area (Å²) in [6.07, 6.45) is 5.71. The molecule has 122 valence electrons. The number of pyridine rings is 2. The van der Waals surface area contributed by atoms with E-state index < -0.39 is 0 Å². The molecule has 0 amide bonds. The first-order valence-corrected chi connectivity index (χ1v) is 9.25. The molecule has 0 aliphatic heterocycles. The van der Waals surface area contributed by atoms with E-state index in [4.69, 9.17) is 0 Å². The van der Waals surface area contributed by atoms with Crippen LogP contribution in [0.1, 0.15) is 18.1 Å². The van der Waals surface area contributed by atoms with Crippen molar-refractivity contribution in [2.45, 2.75) is 32.4 Å². The molecular weight excluding hydrogens is 413 g/mol. The van der Waals surface area contributed by atoms with E-state index in [2.05, 4.69) is 68.6 Å². The number of aromatic nitrogens is 2. The van der Waals surface area contributed by atoms with Crippen LogP contribution in [0.15, 0.2) is 47.5 Å². The van der Waals surface area contributed by atoms with Crippen LogP contribution in [-0.2, 0) is 19.4 Å². The maximum absolute atomic E-state index is 12.5. The van der Waals surface area contributed by atoms with E-state index in [1.165, 1.54) is 11.1 Å². The van der Waals surface area contributed by atoms with E-state index in [1.54, 1.807) is 6.20 Å². The molecule has 2 heterocycles. The first-order valence-electron chi connectivity index (χ1n) is 8.17. The number of fused-ring (bicyclic) bond motifs is 2. The van der Waals surface area contributed by atoms with Gasteiger partial charge in [0.15, 0.2) is 0 Å². The molecule has 0 fully saturated rings. The Labute approximate surface area is 154 Å². The second-order valence-electron chi connectivity index (χ2n) is 6.20. The lowest BCUT2D eigenvalue weighted by molar-refractivity contribution is 0.766. The highest BCUT2D eigenvalue weighted by Gasteiger charge is 2.21. The average molecular weight is 431 g/mol. The van der Waals surface area contributed by atoms with Crippen LogP contribution in [0, 0.1) is 3.57 Å². The fourth-order valence-corrected chi connectivity index (χ4v) is 4.09. The highest BCUT2D eigenvalue weighted by atomic mass is 127. The molecule has 1 aliphatic carbocycles. The third kappa shape index (κ3) is 2.70. The van der Waals surface area contributed by atoms with Gasteiger partial charge in [-0.25, -0.2) is 4.98 Å². The molecule has 5 heteroatoms. The van der Waals surface area contributed by atoms with E-state index in [-0.39, 0.29) is 5.43 Å². The largest absolute Gasteiger partial charge is 0.367 e. The van der Waals surface area contributed by atoms with E-state index >= 15 is 0 Å². The Morgan fingerprint density at radius 3 is 2.67 bits per heavy atom. The molecule has 0 saturated heterocycles. The normalized spacial score (nSPS) is 14.1. The van der Waals surface area contributed by atoms with Gasteiger partial charge in [0.1, 0.15) is 5.82 Å². The Balaban J connectivity index is 1.67. The van der Waals surface area contributed by atoms with Crippen molar-refractivity contribution in [2.75, 3.05) is 5.32 Å². The second-order valence-corrected chi connectivity index (χ2v) is 7.36. The Bertz CT molecular complexity index is 955. The Kier molecular flexibility index (Phi) is 4.04.